The number of rotatable bonds is 19. The van der Waals surface area contributed by atoms with Gasteiger partial charge in [-0.1, -0.05) is 42.5 Å². The van der Waals surface area contributed by atoms with Crippen LogP contribution in [-0.2, 0) is 27.3 Å². The number of H-pyrrole nitrogens is 1. The summed E-state index contributed by atoms with van der Waals surface area (Å²) in [4.78, 5) is 78.2. The Morgan fingerprint density at radius 1 is 0.750 bits per heavy atom. The molecule has 4 fully saturated rings. The van der Waals surface area contributed by atoms with Gasteiger partial charge in [-0.3, -0.25) is 28.9 Å². The molecule has 9 rings (SSSR count). The number of benzene rings is 4. The topological polar surface area (TPSA) is 173 Å². The highest BCUT2D eigenvalue weighted by Gasteiger charge is 2.30. The Kier molecular flexibility index (Phi) is 18.4. The van der Waals surface area contributed by atoms with Crippen LogP contribution in [0, 0.1) is 11.7 Å². The molecule has 17 nitrogen and oxygen atoms in total. The van der Waals surface area contributed by atoms with Crippen molar-refractivity contribution in [3.8, 4) is 11.5 Å². The molecule has 4 aromatic carbocycles. The van der Waals surface area contributed by atoms with Crippen molar-refractivity contribution in [2.24, 2.45) is 5.92 Å². The highest BCUT2D eigenvalue weighted by Crippen LogP contribution is 2.30. The monoisotopic (exact) mass is 1040 g/mol. The molecule has 4 aliphatic heterocycles. The van der Waals surface area contributed by atoms with Crippen LogP contribution < -0.4 is 20.3 Å². The predicted molar refractivity (Wildman–Crippen MR) is 287 cm³/mol. The third-order valence-corrected chi connectivity index (χ3v) is 15.5. The molecule has 2 N–H and O–H groups in total. The van der Waals surface area contributed by atoms with Crippen molar-refractivity contribution in [2.75, 3.05) is 125 Å². The summed E-state index contributed by atoms with van der Waals surface area (Å²) in [5.41, 5.74) is 3.79. The van der Waals surface area contributed by atoms with Crippen molar-refractivity contribution in [3.63, 3.8) is 0 Å². The molecule has 0 aliphatic carbocycles. The van der Waals surface area contributed by atoms with Crippen LogP contribution in [0.25, 0.3) is 10.8 Å². The Morgan fingerprint density at radius 2 is 1.50 bits per heavy atom. The van der Waals surface area contributed by atoms with Crippen LogP contribution in [-0.4, -0.2) is 188 Å². The first kappa shape index (κ1) is 54.1. The first-order valence-corrected chi connectivity index (χ1v) is 27.0. The van der Waals surface area contributed by atoms with E-state index in [2.05, 4.69) is 31.4 Å². The molecule has 1 aromatic heterocycles. The molecule has 5 aromatic rings. The number of halogens is 1. The number of carbonyl (C=O) groups is 4. The van der Waals surface area contributed by atoms with Gasteiger partial charge in [-0.15, -0.1) is 0 Å². The van der Waals surface area contributed by atoms with Gasteiger partial charge in [0.05, 0.1) is 43.5 Å². The van der Waals surface area contributed by atoms with Crippen LogP contribution >= 0.6 is 0 Å². The summed E-state index contributed by atoms with van der Waals surface area (Å²) in [6, 6.07) is 25.4. The molecular weight excluding hydrogens is 970 g/mol. The second kappa shape index (κ2) is 25.9. The number of ether oxygens (including phenoxy) is 3. The fourth-order valence-electron chi connectivity index (χ4n) is 11.1. The Labute approximate surface area is 444 Å². The molecule has 4 aliphatic rings. The van der Waals surface area contributed by atoms with Crippen LogP contribution in [0.5, 0.6) is 11.5 Å². The van der Waals surface area contributed by atoms with Crippen LogP contribution in [0.4, 0.5) is 4.39 Å². The summed E-state index contributed by atoms with van der Waals surface area (Å²) >= 11 is 0. The highest BCUT2D eigenvalue weighted by atomic mass is 19.1. The number of hydrogen-bond donors (Lipinski definition) is 2. The fourth-order valence-corrected chi connectivity index (χ4v) is 11.1. The van der Waals surface area contributed by atoms with E-state index >= 15 is 4.39 Å². The molecule has 0 bridgehead atoms. The number of carbonyl (C=O) groups excluding carboxylic acids is 4. The van der Waals surface area contributed by atoms with E-state index in [0.717, 1.165) is 107 Å². The third kappa shape index (κ3) is 13.6. The molecule has 404 valence electrons. The predicted octanol–water partition coefficient (Wildman–Crippen LogP) is 5.03. The number of fused-ring (bicyclic) bond motifs is 1. The van der Waals surface area contributed by atoms with Gasteiger partial charge < -0.3 is 44.0 Å². The van der Waals surface area contributed by atoms with Crippen LogP contribution in [0.15, 0.2) is 89.7 Å². The van der Waals surface area contributed by atoms with E-state index in [1.807, 2.05) is 65.3 Å². The normalized spacial score (nSPS) is 18.0. The number of piperidine rings is 2. The summed E-state index contributed by atoms with van der Waals surface area (Å²) in [7, 11) is 1.63. The average Bonchev–Trinajstić information content (AvgIpc) is 3.46. The minimum absolute atomic E-state index is 0.0327. The quantitative estimate of drug-likeness (QED) is 0.106. The van der Waals surface area contributed by atoms with Gasteiger partial charge in [0.15, 0.2) is 0 Å². The number of nitrogens with zero attached hydrogens (tertiary/aromatic N) is 7. The zero-order valence-electron chi connectivity index (χ0n) is 44.0. The van der Waals surface area contributed by atoms with Gasteiger partial charge in [0, 0.05) is 133 Å². The zero-order chi connectivity index (χ0) is 53.0. The van der Waals surface area contributed by atoms with E-state index in [1.54, 1.807) is 41.2 Å². The number of amides is 4. The molecule has 5 heterocycles. The van der Waals surface area contributed by atoms with Crippen molar-refractivity contribution >= 4 is 34.4 Å². The standard InChI is InChI=1S/C58H72FN9O8/c1-3-76-53-35-47(74-2)15-14-45(53)36-60-37-54(69)68-19-7-10-46(39-68)43-8-6-9-44(34-43)57(72)66-20-17-41(18-21-66)38-64-24-22-63(23-25-64)30-31-75-40-55(70)65-26-28-67(29-27-65)58(73)50-32-42(13-16-51(50)59)33-52-48-11-4-5-12-49(48)56(71)62-61-52/h4-6,8-9,11-16,32,34-35,41,46,60H,3,7,10,17-31,33,36-40H2,1-2H3,(H,62,71). The smallest absolute Gasteiger partial charge is 0.272 e. The molecular formula is C58H72FN9O8. The second-order valence-corrected chi connectivity index (χ2v) is 20.5. The molecule has 76 heavy (non-hydrogen) atoms. The maximum Gasteiger partial charge on any atom is 0.272 e. The minimum atomic E-state index is -0.615. The van der Waals surface area contributed by atoms with Gasteiger partial charge in [-0.2, -0.15) is 5.10 Å². The molecule has 0 spiro atoms. The Hall–Kier alpha value is -6.73. The zero-order valence-corrected chi connectivity index (χ0v) is 44.0. The summed E-state index contributed by atoms with van der Waals surface area (Å²) in [5, 5.41) is 11.3. The van der Waals surface area contributed by atoms with E-state index in [9.17, 15) is 24.0 Å². The molecule has 1 atom stereocenters. The molecule has 4 saturated heterocycles. The van der Waals surface area contributed by atoms with E-state index < -0.39 is 11.7 Å². The van der Waals surface area contributed by atoms with Gasteiger partial charge in [-0.05, 0) is 86.1 Å². The summed E-state index contributed by atoms with van der Waals surface area (Å²) in [6.07, 6.45) is 4.14. The second-order valence-electron chi connectivity index (χ2n) is 20.5. The lowest BCUT2D eigenvalue weighted by Gasteiger charge is -2.39. The van der Waals surface area contributed by atoms with Crippen LogP contribution in [0.2, 0.25) is 0 Å². The number of hydrogen-bond acceptors (Lipinski definition) is 12. The first-order valence-electron chi connectivity index (χ1n) is 27.0. The van der Waals surface area contributed by atoms with Crippen LogP contribution in [0.3, 0.4) is 0 Å². The first-order chi connectivity index (χ1) is 37.0. The largest absolute Gasteiger partial charge is 0.497 e. The van der Waals surface area contributed by atoms with Crippen molar-refractivity contribution in [1.29, 1.82) is 0 Å². The Morgan fingerprint density at radius 3 is 2.28 bits per heavy atom. The number of piperazine rings is 2. The maximum atomic E-state index is 15.0. The summed E-state index contributed by atoms with van der Waals surface area (Å²) in [6.45, 7) is 13.3. The van der Waals surface area contributed by atoms with Crippen molar-refractivity contribution in [3.05, 3.63) is 135 Å². The number of likely N-dealkylation sites (tertiary alicyclic amines) is 2. The lowest BCUT2D eigenvalue weighted by atomic mass is 9.89. The summed E-state index contributed by atoms with van der Waals surface area (Å²) < 4.78 is 32.0. The Bertz CT molecular complexity index is 2880. The number of aromatic amines is 1. The molecule has 1 unspecified atom stereocenters. The van der Waals surface area contributed by atoms with Gasteiger partial charge >= 0.3 is 0 Å². The fraction of sp³-hybridized carbons (Fsp3) is 0.483. The van der Waals surface area contributed by atoms with E-state index in [4.69, 9.17) is 14.2 Å². The minimum Gasteiger partial charge on any atom is -0.497 e. The van der Waals surface area contributed by atoms with E-state index in [-0.39, 0.29) is 61.0 Å². The summed E-state index contributed by atoms with van der Waals surface area (Å²) in [5.74, 6) is 1.16. The number of aromatic nitrogens is 2. The van der Waals surface area contributed by atoms with Crippen molar-refractivity contribution in [1.82, 2.24) is 44.9 Å². The molecule has 4 amide bonds. The highest BCUT2D eigenvalue weighted by molar-refractivity contribution is 5.95. The lowest BCUT2D eigenvalue weighted by molar-refractivity contribution is -0.137. The molecule has 18 heteroatoms. The van der Waals surface area contributed by atoms with Crippen LogP contribution in [0.1, 0.15) is 81.6 Å². The van der Waals surface area contributed by atoms with E-state index in [0.29, 0.717) is 79.3 Å². The van der Waals surface area contributed by atoms with E-state index in [1.165, 1.54) is 6.07 Å². The van der Waals surface area contributed by atoms with Crippen molar-refractivity contribution < 1.29 is 37.8 Å². The average molecular weight is 1040 g/mol. The molecule has 0 radical (unpaired) electrons. The van der Waals surface area contributed by atoms with Gasteiger partial charge in [0.1, 0.15) is 23.9 Å². The van der Waals surface area contributed by atoms with Gasteiger partial charge in [0.25, 0.3) is 17.4 Å². The van der Waals surface area contributed by atoms with Gasteiger partial charge in [0.2, 0.25) is 11.8 Å². The SMILES string of the molecule is CCOc1cc(OC)ccc1CNCC(=O)N1CCCC(c2cccc(C(=O)N3CCC(CN4CCN(CCOCC(=O)N5CCN(C(=O)c6cc(Cc7n[nH]c(=O)c8ccccc78)ccc6F)CC5)CC4)CC3)c2)C1. The maximum absolute atomic E-state index is 15.0. The third-order valence-electron chi connectivity index (χ3n) is 15.5. The molecule has 0 saturated carbocycles. The Balaban J connectivity index is 0.638. The lowest BCUT2D eigenvalue weighted by Crippen LogP contribution is -2.51. The van der Waals surface area contributed by atoms with Crippen molar-refractivity contribution in [2.45, 2.75) is 51.5 Å². The number of methoxy groups -OCH3 is 1. The van der Waals surface area contributed by atoms with Gasteiger partial charge in [-0.25, -0.2) is 9.49 Å². The number of nitrogens with one attached hydrogen (secondary N) is 2.